The van der Waals surface area contributed by atoms with Crippen molar-refractivity contribution in [1.29, 1.82) is 0 Å². The van der Waals surface area contributed by atoms with E-state index in [1.165, 1.54) is 11.3 Å². The first-order valence-corrected chi connectivity index (χ1v) is 12.5. The number of amides is 2. The molecule has 7 nitrogen and oxygen atoms in total. The van der Waals surface area contributed by atoms with Crippen molar-refractivity contribution in [3.63, 3.8) is 0 Å². The Hall–Kier alpha value is -2.94. The number of ether oxygens (including phenoxy) is 1. The number of benzene rings is 1. The molecule has 0 atom stereocenters. The summed E-state index contributed by atoms with van der Waals surface area (Å²) >= 11 is 1.40. The van der Waals surface area contributed by atoms with Crippen LogP contribution < -0.4 is 0 Å². The summed E-state index contributed by atoms with van der Waals surface area (Å²) in [6.45, 7) is 5.57. The summed E-state index contributed by atoms with van der Waals surface area (Å²) in [6.07, 6.45) is 2.42. The van der Waals surface area contributed by atoms with E-state index in [2.05, 4.69) is 4.90 Å². The van der Waals surface area contributed by atoms with Crippen LogP contribution >= 0.6 is 11.3 Å². The van der Waals surface area contributed by atoms with Gasteiger partial charge in [-0.1, -0.05) is 36.4 Å². The molecule has 3 aromatic rings. The van der Waals surface area contributed by atoms with Gasteiger partial charge in [-0.15, -0.1) is 11.3 Å². The van der Waals surface area contributed by atoms with E-state index in [4.69, 9.17) is 9.15 Å². The molecule has 34 heavy (non-hydrogen) atoms. The van der Waals surface area contributed by atoms with E-state index in [-0.39, 0.29) is 18.4 Å². The van der Waals surface area contributed by atoms with E-state index in [0.29, 0.717) is 30.3 Å². The molecule has 1 fully saturated rings. The Kier molecular flexibility index (Phi) is 8.90. The minimum Gasteiger partial charge on any atom is -0.467 e. The molecule has 0 unspecified atom stereocenters. The molecule has 180 valence electrons. The molecule has 0 N–H and O–H groups in total. The van der Waals surface area contributed by atoms with Crippen LogP contribution in [-0.4, -0.2) is 72.5 Å². The van der Waals surface area contributed by atoms with Crippen molar-refractivity contribution in [2.24, 2.45) is 0 Å². The minimum absolute atomic E-state index is 0.0351. The largest absolute Gasteiger partial charge is 0.467 e. The third-order valence-electron chi connectivity index (χ3n) is 5.85. The maximum absolute atomic E-state index is 13.5. The van der Waals surface area contributed by atoms with Gasteiger partial charge in [-0.05, 0) is 35.6 Å². The second kappa shape index (κ2) is 12.5. The van der Waals surface area contributed by atoms with Crippen molar-refractivity contribution >= 4 is 23.2 Å². The van der Waals surface area contributed by atoms with Crippen LogP contribution in [0, 0.1) is 0 Å². The smallest absolute Gasteiger partial charge is 0.264 e. The maximum Gasteiger partial charge on any atom is 0.264 e. The van der Waals surface area contributed by atoms with E-state index in [1.54, 1.807) is 16.1 Å². The summed E-state index contributed by atoms with van der Waals surface area (Å²) < 4.78 is 10.9. The number of morpholine rings is 1. The monoisotopic (exact) mass is 481 g/mol. The molecular weight excluding hydrogens is 450 g/mol. The lowest BCUT2D eigenvalue weighted by Crippen LogP contribution is -2.44. The second-order valence-electron chi connectivity index (χ2n) is 8.33. The molecule has 4 rings (SSSR count). The number of rotatable bonds is 11. The highest BCUT2D eigenvalue weighted by atomic mass is 32.1. The third-order valence-corrected chi connectivity index (χ3v) is 6.70. The van der Waals surface area contributed by atoms with Crippen molar-refractivity contribution in [2.75, 3.05) is 45.9 Å². The van der Waals surface area contributed by atoms with E-state index in [0.717, 1.165) is 44.8 Å². The fourth-order valence-corrected chi connectivity index (χ4v) is 4.70. The van der Waals surface area contributed by atoms with Gasteiger partial charge in [-0.25, -0.2) is 0 Å². The maximum atomic E-state index is 13.5. The molecule has 0 aliphatic carbocycles. The zero-order valence-corrected chi connectivity index (χ0v) is 20.1. The lowest BCUT2D eigenvalue weighted by molar-refractivity contribution is -0.133. The summed E-state index contributed by atoms with van der Waals surface area (Å²) in [4.78, 5) is 33.2. The molecule has 0 radical (unpaired) electrons. The van der Waals surface area contributed by atoms with E-state index >= 15 is 0 Å². The standard InChI is InChI=1S/C26H31N3O4S/c30-25(29(20-23-9-4-15-33-23)19-22-7-2-1-3-8-22)21-28(26(31)24-10-5-18-34-24)12-6-11-27-13-16-32-17-14-27/h1-5,7-10,15,18H,6,11-14,16-17,19-21H2. The quantitative estimate of drug-likeness (QED) is 0.418. The van der Waals surface area contributed by atoms with Gasteiger partial charge >= 0.3 is 0 Å². The van der Waals surface area contributed by atoms with Gasteiger partial charge in [-0.3, -0.25) is 14.5 Å². The third kappa shape index (κ3) is 7.03. The number of nitrogens with zero attached hydrogens (tertiary/aromatic N) is 3. The fourth-order valence-electron chi connectivity index (χ4n) is 4.01. The summed E-state index contributed by atoms with van der Waals surface area (Å²) in [5.41, 5.74) is 1.03. The van der Waals surface area contributed by atoms with Gasteiger partial charge in [0, 0.05) is 32.7 Å². The van der Waals surface area contributed by atoms with Crippen molar-refractivity contribution in [1.82, 2.24) is 14.7 Å². The zero-order valence-electron chi connectivity index (χ0n) is 19.3. The van der Waals surface area contributed by atoms with Crippen molar-refractivity contribution in [3.05, 3.63) is 82.4 Å². The lowest BCUT2D eigenvalue weighted by atomic mass is 10.2. The average molecular weight is 482 g/mol. The normalized spacial score (nSPS) is 14.1. The number of carbonyl (C=O) groups excluding carboxylic acids is 2. The minimum atomic E-state index is -0.100. The van der Waals surface area contributed by atoms with Crippen molar-refractivity contribution < 1.29 is 18.7 Å². The molecule has 1 aromatic carbocycles. The Morgan fingerprint density at radius 1 is 0.941 bits per heavy atom. The molecule has 1 aliphatic rings. The lowest BCUT2D eigenvalue weighted by Gasteiger charge is -2.29. The van der Waals surface area contributed by atoms with Crippen molar-refractivity contribution in [2.45, 2.75) is 19.5 Å². The Labute approximate surface area is 204 Å². The number of thiophene rings is 1. The zero-order chi connectivity index (χ0) is 23.6. The van der Waals surface area contributed by atoms with Crippen LogP contribution in [-0.2, 0) is 22.6 Å². The Balaban J connectivity index is 1.44. The van der Waals surface area contributed by atoms with Crippen LogP contribution in [0.3, 0.4) is 0 Å². The SMILES string of the molecule is O=C(CN(CCCN1CCOCC1)C(=O)c1cccs1)N(Cc1ccccc1)Cc1ccco1. The predicted octanol–water partition coefficient (Wildman–Crippen LogP) is 3.73. The first kappa shape index (κ1) is 24.2. The first-order valence-electron chi connectivity index (χ1n) is 11.7. The highest BCUT2D eigenvalue weighted by molar-refractivity contribution is 7.12. The fraction of sp³-hybridized carbons (Fsp3) is 0.385. The molecule has 3 heterocycles. The molecule has 0 spiro atoms. The van der Waals surface area contributed by atoms with E-state index < -0.39 is 0 Å². The van der Waals surface area contributed by atoms with Gasteiger partial charge in [-0.2, -0.15) is 0 Å². The first-order chi connectivity index (χ1) is 16.7. The van der Waals surface area contributed by atoms with Gasteiger partial charge < -0.3 is 19.0 Å². The molecule has 2 amide bonds. The van der Waals surface area contributed by atoms with Crippen LogP contribution in [0.5, 0.6) is 0 Å². The number of carbonyl (C=O) groups is 2. The van der Waals surface area contributed by atoms with Gasteiger partial charge in [0.25, 0.3) is 5.91 Å². The van der Waals surface area contributed by atoms with Gasteiger partial charge in [0.05, 0.1) is 30.9 Å². The topological polar surface area (TPSA) is 66.2 Å². The Morgan fingerprint density at radius 2 is 1.76 bits per heavy atom. The summed E-state index contributed by atoms with van der Waals surface area (Å²) in [5, 5.41) is 1.89. The summed E-state index contributed by atoms with van der Waals surface area (Å²) in [6, 6.07) is 17.2. The van der Waals surface area contributed by atoms with Gasteiger partial charge in [0.2, 0.25) is 5.91 Å². The summed E-state index contributed by atoms with van der Waals surface area (Å²) in [7, 11) is 0. The molecular formula is C26H31N3O4S. The van der Waals surface area contributed by atoms with E-state index in [1.807, 2.05) is 60.0 Å². The Morgan fingerprint density at radius 3 is 2.47 bits per heavy atom. The molecule has 1 aliphatic heterocycles. The second-order valence-corrected chi connectivity index (χ2v) is 9.27. The number of furan rings is 1. The molecule has 0 bridgehead atoms. The Bertz CT molecular complexity index is 1000. The van der Waals surface area contributed by atoms with Gasteiger partial charge in [0.15, 0.2) is 0 Å². The molecule has 0 saturated carbocycles. The van der Waals surface area contributed by atoms with Crippen LogP contribution in [0.1, 0.15) is 27.4 Å². The predicted molar refractivity (Wildman–Crippen MR) is 132 cm³/mol. The van der Waals surface area contributed by atoms with Crippen LogP contribution in [0.4, 0.5) is 0 Å². The average Bonchev–Trinajstić information content (AvgIpc) is 3.59. The number of hydrogen-bond acceptors (Lipinski definition) is 6. The number of hydrogen-bond donors (Lipinski definition) is 0. The molecule has 2 aromatic heterocycles. The van der Waals surface area contributed by atoms with Gasteiger partial charge in [0.1, 0.15) is 12.3 Å². The van der Waals surface area contributed by atoms with Crippen LogP contribution in [0.2, 0.25) is 0 Å². The highest BCUT2D eigenvalue weighted by Gasteiger charge is 2.24. The van der Waals surface area contributed by atoms with Crippen LogP contribution in [0.15, 0.2) is 70.7 Å². The van der Waals surface area contributed by atoms with E-state index in [9.17, 15) is 9.59 Å². The van der Waals surface area contributed by atoms with Crippen molar-refractivity contribution in [3.8, 4) is 0 Å². The molecule has 8 heteroatoms. The summed E-state index contributed by atoms with van der Waals surface area (Å²) in [5.74, 6) is 0.521. The molecule has 1 saturated heterocycles. The van der Waals surface area contributed by atoms with Crippen LogP contribution in [0.25, 0.3) is 0 Å². The highest BCUT2D eigenvalue weighted by Crippen LogP contribution is 2.15.